The van der Waals surface area contributed by atoms with Crippen LogP contribution in [0.15, 0.2) is 22.9 Å². The number of carbonyl (C=O) groups is 1. The third-order valence-electron chi connectivity index (χ3n) is 2.41. The summed E-state index contributed by atoms with van der Waals surface area (Å²) in [6.07, 6.45) is 1.65. The molecule has 1 N–H and O–H groups in total. The fourth-order valence-corrected chi connectivity index (χ4v) is 1.62. The number of anilines is 1. The van der Waals surface area contributed by atoms with E-state index in [1.807, 2.05) is 6.92 Å². The number of nitrogens with zero attached hydrogens (tertiary/aromatic N) is 2. The van der Waals surface area contributed by atoms with Crippen LogP contribution in [-0.2, 0) is 0 Å². The molecule has 5 nitrogen and oxygen atoms in total. The summed E-state index contributed by atoms with van der Waals surface area (Å²) in [5.41, 5.74) is 2.63. The van der Waals surface area contributed by atoms with E-state index in [4.69, 9.17) is 4.52 Å². The minimum Gasteiger partial charge on any atom is -0.361 e. The average molecular weight is 231 g/mol. The van der Waals surface area contributed by atoms with E-state index in [-0.39, 0.29) is 5.91 Å². The lowest BCUT2D eigenvalue weighted by Crippen LogP contribution is -2.13. The van der Waals surface area contributed by atoms with Crippen molar-refractivity contribution in [3.63, 3.8) is 0 Å². The van der Waals surface area contributed by atoms with Gasteiger partial charge in [-0.15, -0.1) is 0 Å². The number of aromatic nitrogens is 2. The van der Waals surface area contributed by atoms with Gasteiger partial charge in [-0.2, -0.15) is 0 Å². The maximum atomic E-state index is 12.0. The van der Waals surface area contributed by atoms with Crippen molar-refractivity contribution in [3.8, 4) is 0 Å². The minimum absolute atomic E-state index is 0.216. The van der Waals surface area contributed by atoms with Gasteiger partial charge < -0.3 is 9.84 Å². The third kappa shape index (κ3) is 2.33. The minimum atomic E-state index is -0.216. The van der Waals surface area contributed by atoms with Gasteiger partial charge in [0, 0.05) is 17.6 Å². The third-order valence-corrected chi connectivity index (χ3v) is 2.41. The van der Waals surface area contributed by atoms with E-state index in [1.54, 1.807) is 32.2 Å². The monoisotopic (exact) mass is 231 g/mol. The molecule has 0 unspecified atom stereocenters. The lowest BCUT2D eigenvalue weighted by molar-refractivity contribution is 0.102. The van der Waals surface area contributed by atoms with Crippen LogP contribution in [0.2, 0.25) is 0 Å². The molecule has 0 aromatic carbocycles. The van der Waals surface area contributed by atoms with Gasteiger partial charge in [-0.3, -0.25) is 9.78 Å². The van der Waals surface area contributed by atoms with Gasteiger partial charge in [-0.05, 0) is 32.9 Å². The molecular weight excluding hydrogens is 218 g/mol. The van der Waals surface area contributed by atoms with E-state index in [2.05, 4.69) is 15.5 Å². The standard InChI is InChI=1S/C12H13N3O2/c1-7-6-10(4-5-13-7)14-12(16)11-8(2)15-17-9(11)3/h4-6H,1-3H3,(H,13,14,16). The number of carbonyl (C=O) groups excluding carboxylic acids is 1. The summed E-state index contributed by atoms with van der Waals surface area (Å²) in [4.78, 5) is 16.1. The van der Waals surface area contributed by atoms with E-state index >= 15 is 0 Å². The van der Waals surface area contributed by atoms with E-state index in [0.29, 0.717) is 22.7 Å². The second kappa shape index (κ2) is 4.37. The van der Waals surface area contributed by atoms with Crippen LogP contribution in [0.3, 0.4) is 0 Å². The van der Waals surface area contributed by atoms with Crippen molar-refractivity contribution in [1.82, 2.24) is 10.1 Å². The number of hydrogen-bond donors (Lipinski definition) is 1. The first-order valence-corrected chi connectivity index (χ1v) is 5.25. The van der Waals surface area contributed by atoms with Crippen LogP contribution in [0.1, 0.15) is 27.5 Å². The molecule has 0 saturated carbocycles. The first kappa shape index (κ1) is 11.3. The predicted octanol–water partition coefficient (Wildman–Crippen LogP) is 2.25. The lowest BCUT2D eigenvalue weighted by Gasteiger charge is -2.04. The van der Waals surface area contributed by atoms with Gasteiger partial charge in [0.25, 0.3) is 5.91 Å². The molecule has 0 saturated heterocycles. The summed E-state index contributed by atoms with van der Waals surface area (Å²) >= 11 is 0. The molecule has 88 valence electrons. The van der Waals surface area contributed by atoms with Crippen LogP contribution in [-0.4, -0.2) is 16.0 Å². The molecule has 2 aromatic rings. The fraction of sp³-hybridized carbons (Fsp3) is 0.250. The zero-order valence-electron chi connectivity index (χ0n) is 9.94. The highest BCUT2D eigenvalue weighted by atomic mass is 16.5. The molecule has 0 aliphatic carbocycles. The lowest BCUT2D eigenvalue weighted by atomic mass is 10.2. The zero-order valence-corrected chi connectivity index (χ0v) is 9.94. The molecule has 5 heteroatoms. The van der Waals surface area contributed by atoms with Crippen molar-refractivity contribution in [2.45, 2.75) is 20.8 Å². The second-order valence-corrected chi connectivity index (χ2v) is 3.84. The Morgan fingerprint density at radius 1 is 1.35 bits per heavy atom. The molecule has 17 heavy (non-hydrogen) atoms. The van der Waals surface area contributed by atoms with Crippen LogP contribution in [0.5, 0.6) is 0 Å². The Morgan fingerprint density at radius 3 is 2.71 bits per heavy atom. The molecule has 2 rings (SSSR count). The number of aryl methyl sites for hydroxylation is 3. The maximum Gasteiger partial charge on any atom is 0.261 e. The molecule has 2 heterocycles. The molecule has 0 aliphatic rings. The van der Waals surface area contributed by atoms with Gasteiger partial charge in [0.05, 0.1) is 5.69 Å². The first-order valence-electron chi connectivity index (χ1n) is 5.25. The van der Waals surface area contributed by atoms with Crippen molar-refractivity contribution in [2.75, 3.05) is 5.32 Å². The van der Waals surface area contributed by atoms with E-state index < -0.39 is 0 Å². The fourth-order valence-electron chi connectivity index (χ4n) is 1.62. The predicted molar refractivity (Wildman–Crippen MR) is 62.9 cm³/mol. The molecule has 0 bridgehead atoms. The van der Waals surface area contributed by atoms with Gasteiger partial charge in [-0.25, -0.2) is 0 Å². The van der Waals surface area contributed by atoms with Crippen LogP contribution >= 0.6 is 0 Å². The SMILES string of the molecule is Cc1cc(NC(=O)c2c(C)noc2C)ccn1. The summed E-state index contributed by atoms with van der Waals surface area (Å²) in [5, 5.41) is 6.54. The van der Waals surface area contributed by atoms with Gasteiger partial charge in [0.15, 0.2) is 0 Å². The van der Waals surface area contributed by atoms with Crippen molar-refractivity contribution >= 4 is 11.6 Å². The zero-order chi connectivity index (χ0) is 12.4. The average Bonchev–Trinajstić information content (AvgIpc) is 2.58. The number of amides is 1. The van der Waals surface area contributed by atoms with E-state index in [1.165, 1.54) is 0 Å². The molecule has 0 atom stereocenters. The Morgan fingerprint density at radius 2 is 2.12 bits per heavy atom. The summed E-state index contributed by atoms with van der Waals surface area (Å²) in [5.74, 6) is 0.303. The molecule has 0 fully saturated rings. The van der Waals surface area contributed by atoms with Crippen molar-refractivity contribution in [3.05, 3.63) is 41.0 Å². The quantitative estimate of drug-likeness (QED) is 0.860. The highest BCUT2D eigenvalue weighted by molar-refractivity contribution is 6.05. The van der Waals surface area contributed by atoms with Crippen molar-refractivity contribution < 1.29 is 9.32 Å². The first-order chi connectivity index (χ1) is 8.08. The summed E-state index contributed by atoms with van der Waals surface area (Å²) in [6.45, 7) is 5.32. The van der Waals surface area contributed by atoms with E-state index in [0.717, 1.165) is 5.69 Å². The molecule has 0 aliphatic heterocycles. The molecule has 2 aromatic heterocycles. The largest absolute Gasteiger partial charge is 0.361 e. The van der Waals surface area contributed by atoms with Gasteiger partial charge in [0.1, 0.15) is 11.3 Å². The number of hydrogen-bond acceptors (Lipinski definition) is 4. The van der Waals surface area contributed by atoms with Gasteiger partial charge in [-0.1, -0.05) is 5.16 Å². The van der Waals surface area contributed by atoms with Crippen LogP contribution < -0.4 is 5.32 Å². The van der Waals surface area contributed by atoms with Crippen LogP contribution in [0, 0.1) is 20.8 Å². The molecule has 1 amide bonds. The summed E-state index contributed by atoms with van der Waals surface area (Å²) in [7, 11) is 0. The van der Waals surface area contributed by atoms with E-state index in [9.17, 15) is 4.79 Å². The highest BCUT2D eigenvalue weighted by Gasteiger charge is 2.17. The molecular formula is C12H13N3O2. The van der Waals surface area contributed by atoms with Crippen LogP contribution in [0.4, 0.5) is 5.69 Å². The Balaban J connectivity index is 2.23. The number of pyridine rings is 1. The normalized spacial score (nSPS) is 10.3. The Bertz CT molecular complexity index is 541. The summed E-state index contributed by atoms with van der Waals surface area (Å²) in [6, 6.07) is 3.54. The second-order valence-electron chi connectivity index (χ2n) is 3.84. The summed E-state index contributed by atoms with van der Waals surface area (Å²) < 4.78 is 4.95. The van der Waals surface area contributed by atoms with Crippen LogP contribution in [0.25, 0.3) is 0 Å². The van der Waals surface area contributed by atoms with Gasteiger partial charge >= 0.3 is 0 Å². The topological polar surface area (TPSA) is 68.0 Å². The Hall–Kier alpha value is -2.17. The number of nitrogens with one attached hydrogen (secondary N) is 1. The van der Waals surface area contributed by atoms with Crippen molar-refractivity contribution in [2.24, 2.45) is 0 Å². The maximum absolute atomic E-state index is 12.0. The molecule has 0 radical (unpaired) electrons. The molecule has 0 spiro atoms. The number of rotatable bonds is 2. The van der Waals surface area contributed by atoms with Crippen molar-refractivity contribution in [1.29, 1.82) is 0 Å². The smallest absolute Gasteiger partial charge is 0.261 e. The Kier molecular flexibility index (Phi) is 2.91. The highest BCUT2D eigenvalue weighted by Crippen LogP contribution is 2.15. The Labute approximate surface area is 98.8 Å². The van der Waals surface area contributed by atoms with Gasteiger partial charge in [0.2, 0.25) is 0 Å².